The second kappa shape index (κ2) is 10.6. The van der Waals surface area contributed by atoms with Crippen LogP contribution in [-0.4, -0.2) is 78.0 Å². The Morgan fingerprint density at radius 3 is 2.79 bits per heavy atom. The van der Waals surface area contributed by atoms with Gasteiger partial charge >= 0.3 is 0 Å². The van der Waals surface area contributed by atoms with Crippen LogP contribution in [0, 0.1) is 11.3 Å². The molecule has 2 aromatic heterocycles. The summed E-state index contributed by atoms with van der Waals surface area (Å²) in [6.45, 7) is 4.27. The number of hydrogen-bond donors (Lipinski definition) is 1. The molecular weight excluding hydrogens is 446 g/mol. The zero-order chi connectivity index (χ0) is 23.2. The summed E-state index contributed by atoms with van der Waals surface area (Å²) in [5.41, 5.74) is 0.754. The van der Waals surface area contributed by atoms with E-state index in [-0.39, 0.29) is 17.0 Å². The van der Waals surface area contributed by atoms with Crippen LogP contribution in [0.3, 0.4) is 0 Å². The summed E-state index contributed by atoms with van der Waals surface area (Å²) < 4.78 is 5.83. The average molecular weight is 472 g/mol. The molecule has 10 nitrogen and oxygen atoms in total. The number of amides is 1. The Morgan fingerprint density at radius 1 is 1.24 bits per heavy atom. The number of hydrogen-bond acceptors (Lipinski definition) is 8. The molecule has 174 valence electrons. The minimum atomic E-state index is -0.401. The highest BCUT2D eigenvalue weighted by molar-refractivity contribution is 6.33. The van der Waals surface area contributed by atoms with E-state index in [0.717, 1.165) is 25.2 Å². The maximum Gasteiger partial charge on any atom is 0.285 e. The highest BCUT2D eigenvalue weighted by atomic mass is 35.5. The van der Waals surface area contributed by atoms with Crippen LogP contribution in [0.4, 0.5) is 11.5 Å². The second-order valence-corrected chi connectivity index (χ2v) is 8.48. The number of pyridine rings is 1. The van der Waals surface area contributed by atoms with E-state index in [4.69, 9.17) is 21.6 Å². The summed E-state index contributed by atoms with van der Waals surface area (Å²) in [7, 11) is 0. The van der Waals surface area contributed by atoms with Crippen molar-refractivity contribution >= 4 is 29.0 Å². The summed E-state index contributed by atoms with van der Waals surface area (Å²) in [6.07, 6.45) is 5.38. The van der Waals surface area contributed by atoms with E-state index in [0.29, 0.717) is 57.1 Å². The van der Waals surface area contributed by atoms with Crippen LogP contribution in [0.15, 0.2) is 29.3 Å². The summed E-state index contributed by atoms with van der Waals surface area (Å²) in [4.78, 5) is 34.7. The first-order valence-corrected chi connectivity index (χ1v) is 11.4. The third kappa shape index (κ3) is 5.43. The van der Waals surface area contributed by atoms with Crippen LogP contribution in [0.2, 0.25) is 5.02 Å². The van der Waals surface area contributed by atoms with Crippen LogP contribution in [0.25, 0.3) is 0 Å². The summed E-state index contributed by atoms with van der Waals surface area (Å²) in [5, 5.41) is 15.2. The van der Waals surface area contributed by atoms with Crippen molar-refractivity contribution < 1.29 is 9.53 Å². The SMILES string of the molecule is N#Cc1ccc(N2CCN(C(=O)CCOC[C@@H]3CCCN3c3cn[nH]c(=O)c3Cl)CC2)nc1. The van der Waals surface area contributed by atoms with Gasteiger partial charge < -0.3 is 19.4 Å². The Kier molecular flexibility index (Phi) is 7.42. The lowest BCUT2D eigenvalue weighted by Gasteiger charge is -2.35. The van der Waals surface area contributed by atoms with E-state index < -0.39 is 5.56 Å². The molecular formula is C22H26ClN7O3. The molecule has 1 N–H and O–H groups in total. The number of ether oxygens (including phenoxy) is 1. The van der Waals surface area contributed by atoms with Gasteiger partial charge in [-0.3, -0.25) is 9.59 Å². The van der Waals surface area contributed by atoms with E-state index >= 15 is 0 Å². The summed E-state index contributed by atoms with van der Waals surface area (Å²) >= 11 is 6.15. The van der Waals surface area contributed by atoms with Crippen molar-refractivity contribution in [1.82, 2.24) is 20.1 Å². The molecule has 2 aromatic rings. The first kappa shape index (κ1) is 23.0. The molecule has 33 heavy (non-hydrogen) atoms. The van der Waals surface area contributed by atoms with Crippen LogP contribution in [-0.2, 0) is 9.53 Å². The lowest BCUT2D eigenvalue weighted by molar-refractivity contribution is -0.132. The topological polar surface area (TPSA) is 118 Å². The van der Waals surface area contributed by atoms with Gasteiger partial charge in [0.25, 0.3) is 5.56 Å². The average Bonchev–Trinajstić information content (AvgIpc) is 3.32. The maximum atomic E-state index is 12.6. The molecule has 0 saturated carbocycles. The number of rotatable bonds is 7. The summed E-state index contributed by atoms with van der Waals surface area (Å²) in [6, 6.07) is 5.76. The number of carbonyl (C=O) groups is 1. The largest absolute Gasteiger partial charge is 0.379 e. The molecule has 1 atom stereocenters. The van der Waals surface area contributed by atoms with Gasteiger partial charge in [-0.25, -0.2) is 10.1 Å². The van der Waals surface area contributed by atoms with Crippen molar-refractivity contribution in [3.8, 4) is 6.07 Å². The highest BCUT2D eigenvalue weighted by Gasteiger charge is 2.28. The normalized spacial score (nSPS) is 18.4. The fourth-order valence-corrected chi connectivity index (χ4v) is 4.46. The third-order valence-electron chi connectivity index (χ3n) is 6.07. The van der Waals surface area contributed by atoms with Gasteiger partial charge in [-0.2, -0.15) is 10.4 Å². The Hall–Kier alpha value is -3.16. The monoisotopic (exact) mass is 471 g/mol. The van der Waals surface area contributed by atoms with Crippen LogP contribution >= 0.6 is 11.6 Å². The molecule has 11 heteroatoms. The Bertz CT molecular complexity index is 1060. The van der Waals surface area contributed by atoms with E-state index in [9.17, 15) is 9.59 Å². The molecule has 2 saturated heterocycles. The quantitative estimate of drug-likeness (QED) is 0.602. The second-order valence-electron chi connectivity index (χ2n) is 8.10. The molecule has 1 amide bonds. The van der Waals surface area contributed by atoms with Crippen molar-refractivity contribution in [3.63, 3.8) is 0 Å². The van der Waals surface area contributed by atoms with E-state index in [1.54, 1.807) is 18.5 Å². The fourth-order valence-electron chi connectivity index (χ4n) is 4.26. The molecule has 0 unspecified atom stereocenters. The van der Waals surface area contributed by atoms with Crippen LogP contribution in [0.1, 0.15) is 24.8 Å². The van der Waals surface area contributed by atoms with Crippen LogP contribution in [0.5, 0.6) is 0 Å². The number of halogens is 1. The molecule has 2 aliphatic heterocycles. The van der Waals surface area contributed by atoms with Crippen molar-refractivity contribution in [3.05, 3.63) is 45.5 Å². The molecule has 4 heterocycles. The van der Waals surface area contributed by atoms with Gasteiger partial charge in [0.1, 0.15) is 16.9 Å². The Balaban J connectivity index is 1.19. The molecule has 0 bridgehead atoms. The molecule has 2 fully saturated rings. The Labute approximate surface area is 196 Å². The molecule has 0 aliphatic carbocycles. The molecule has 0 spiro atoms. The van der Waals surface area contributed by atoms with E-state index in [1.165, 1.54) is 0 Å². The number of nitrogens with one attached hydrogen (secondary N) is 1. The van der Waals surface area contributed by atoms with Gasteiger partial charge in [0.15, 0.2) is 0 Å². The molecule has 0 radical (unpaired) electrons. The maximum absolute atomic E-state index is 12.6. The van der Waals surface area contributed by atoms with Gasteiger partial charge in [-0.1, -0.05) is 11.6 Å². The molecule has 4 rings (SSSR count). The van der Waals surface area contributed by atoms with Crippen molar-refractivity contribution in [2.75, 3.05) is 55.7 Å². The standard InChI is InChI=1S/C22H26ClN7O3/c23-21-18(14-26-27-22(21)32)30-6-1-2-17(30)15-33-11-5-20(31)29-9-7-28(8-10-29)19-4-3-16(12-24)13-25-19/h3-4,13-14,17H,1-2,5-11,15H2,(H,27,32)/t17-/m0/s1. The lowest BCUT2D eigenvalue weighted by atomic mass is 10.2. The Morgan fingerprint density at radius 2 is 2.06 bits per heavy atom. The third-order valence-corrected chi connectivity index (χ3v) is 6.43. The smallest absolute Gasteiger partial charge is 0.285 e. The van der Waals surface area contributed by atoms with Gasteiger partial charge in [0, 0.05) is 38.9 Å². The first-order valence-electron chi connectivity index (χ1n) is 11.0. The number of aromatic amines is 1. The van der Waals surface area contributed by atoms with Crippen molar-refractivity contribution in [2.45, 2.75) is 25.3 Å². The van der Waals surface area contributed by atoms with Gasteiger partial charge in [0.2, 0.25) is 5.91 Å². The number of aromatic nitrogens is 3. The van der Waals surface area contributed by atoms with Crippen molar-refractivity contribution in [2.24, 2.45) is 0 Å². The number of H-pyrrole nitrogens is 1. The first-order chi connectivity index (χ1) is 16.1. The number of carbonyl (C=O) groups excluding carboxylic acids is 1. The van der Waals surface area contributed by atoms with Crippen LogP contribution < -0.4 is 15.4 Å². The lowest BCUT2D eigenvalue weighted by Crippen LogP contribution is -2.49. The van der Waals surface area contributed by atoms with E-state index in [1.807, 2.05) is 11.0 Å². The van der Waals surface area contributed by atoms with Gasteiger partial charge in [-0.05, 0) is 25.0 Å². The zero-order valence-corrected chi connectivity index (χ0v) is 19.0. The minimum absolute atomic E-state index is 0.0764. The van der Waals surface area contributed by atoms with Crippen molar-refractivity contribution in [1.29, 1.82) is 5.26 Å². The number of anilines is 2. The number of nitrogens with zero attached hydrogens (tertiary/aromatic N) is 6. The predicted molar refractivity (Wildman–Crippen MR) is 123 cm³/mol. The minimum Gasteiger partial charge on any atom is -0.379 e. The van der Waals surface area contributed by atoms with E-state index in [2.05, 4.69) is 31.1 Å². The van der Waals surface area contributed by atoms with Gasteiger partial charge in [0.05, 0.1) is 43.1 Å². The number of nitriles is 1. The highest BCUT2D eigenvalue weighted by Crippen LogP contribution is 2.29. The molecule has 2 aliphatic rings. The zero-order valence-electron chi connectivity index (χ0n) is 18.2. The summed E-state index contributed by atoms with van der Waals surface area (Å²) in [5.74, 6) is 0.897. The molecule has 0 aromatic carbocycles. The fraction of sp³-hybridized carbons (Fsp3) is 0.500. The predicted octanol–water partition coefficient (Wildman–Crippen LogP) is 1.41. The van der Waals surface area contributed by atoms with Gasteiger partial charge in [-0.15, -0.1) is 0 Å². The number of piperazine rings is 1.